The van der Waals surface area contributed by atoms with Gasteiger partial charge in [-0.25, -0.2) is 0 Å². The third-order valence-corrected chi connectivity index (χ3v) is 4.18. The lowest BCUT2D eigenvalue weighted by Gasteiger charge is -2.26. The summed E-state index contributed by atoms with van der Waals surface area (Å²) in [6.07, 6.45) is 3.29. The molecular formula is C13H23NO2. The first-order valence-corrected chi connectivity index (χ1v) is 6.37. The second-order valence-corrected chi connectivity index (χ2v) is 6.41. The van der Waals surface area contributed by atoms with Crippen molar-refractivity contribution in [2.45, 2.75) is 46.1 Å². The summed E-state index contributed by atoms with van der Waals surface area (Å²) in [7, 11) is 0. The average molecular weight is 225 g/mol. The first kappa shape index (κ1) is 11.9. The van der Waals surface area contributed by atoms with Crippen LogP contribution in [0.5, 0.6) is 0 Å². The van der Waals surface area contributed by atoms with E-state index in [1.165, 1.54) is 19.3 Å². The summed E-state index contributed by atoms with van der Waals surface area (Å²) in [4.78, 5) is 11.8. The van der Waals surface area contributed by atoms with Gasteiger partial charge in [0, 0.05) is 12.5 Å². The second kappa shape index (κ2) is 4.02. The lowest BCUT2D eigenvalue weighted by molar-refractivity contribution is -0.123. The van der Waals surface area contributed by atoms with E-state index in [2.05, 4.69) is 5.32 Å². The summed E-state index contributed by atoms with van der Waals surface area (Å²) in [5, 5.41) is 12.7. The van der Waals surface area contributed by atoms with Crippen LogP contribution in [-0.2, 0) is 4.79 Å². The molecule has 2 saturated carbocycles. The Hall–Kier alpha value is -0.570. The van der Waals surface area contributed by atoms with Crippen molar-refractivity contribution >= 4 is 5.91 Å². The zero-order valence-electron chi connectivity index (χ0n) is 10.5. The summed E-state index contributed by atoms with van der Waals surface area (Å²) >= 11 is 0. The Morgan fingerprint density at radius 3 is 2.44 bits per heavy atom. The number of nitrogens with one attached hydrogen (secondary N) is 1. The summed E-state index contributed by atoms with van der Waals surface area (Å²) in [5.41, 5.74) is -0.160. The van der Waals surface area contributed by atoms with Crippen LogP contribution in [0.4, 0.5) is 0 Å². The van der Waals surface area contributed by atoms with E-state index in [4.69, 9.17) is 0 Å². The Labute approximate surface area is 97.6 Å². The minimum absolute atomic E-state index is 0.160. The van der Waals surface area contributed by atoms with Crippen LogP contribution in [0, 0.1) is 23.2 Å². The molecule has 2 fully saturated rings. The monoisotopic (exact) mass is 225 g/mol. The van der Waals surface area contributed by atoms with Crippen LogP contribution >= 0.6 is 0 Å². The highest BCUT2D eigenvalue weighted by Gasteiger charge is 2.56. The molecule has 3 heteroatoms. The van der Waals surface area contributed by atoms with Gasteiger partial charge in [-0.2, -0.15) is 0 Å². The van der Waals surface area contributed by atoms with Crippen molar-refractivity contribution in [3.63, 3.8) is 0 Å². The Morgan fingerprint density at radius 1 is 1.38 bits per heavy atom. The number of aliphatic hydroxyl groups excluding tert-OH is 1. The number of carbonyl (C=O) groups excluding carboxylic acids is 1. The molecule has 0 bridgehead atoms. The summed E-state index contributed by atoms with van der Waals surface area (Å²) in [6.45, 7) is 6.33. The van der Waals surface area contributed by atoms with Crippen molar-refractivity contribution < 1.29 is 9.90 Å². The molecule has 16 heavy (non-hydrogen) atoms. The maximum Gasteiger partial charge on any atom is 0.223 e. The summed E-state index contributed by atoms with van der Waals surface area (Å²) in [6, 6.07) is 0. The first-order valence-electron chi connectivity index (χ1n) is 6.37. The predicted octanol–water partition coefficient (Wildman–Crippen LogP) is 1.56. The van der Waals surface area contributed by atoms with Gasteiger partial charge in [0.1, 0.15) is 0 Å². The number of rotatable bonds is 3. The Bertz CT molecular complexity index is 272. The van der Waals surface area contributed by atoms with E-state index in [1.54, 1.807) is 0 Å². The van der Waals surface area contributed by atoms with Gasteiger partial charge < -0.3 is 10.4 Å². The topological polar surface area (TPSA) is 49.3 Å². The molecule has 2 aliphatic rings. The molecular weight excluding hydrogens is 202 g/mol. The molecule has 0 aliphatic heterocycles. The number of aliphatic hydroxyl groups is 1. The lowest BCUT2D eigenvalue weighted by Crippen LogP contribution is -2.40. The van der Waals surface area contributed by atoms with Crippen molar-refractivity contribution in [1.29, 1.82) is 0 Å². The average Bonchev–Trinajstić information content (AvgIpc) is 2.67. The molecule has 2 N–H and O–H groups in total. The number of carbonyl (C=O) groups is 1. The van der Waals surface area contributed by atoms with Crippen molar-refractivity contribution in [2.24, 2.45) is 23.2 Å². The molecule has 3 nitrogen and oxygen atoms in total. The molecule has 2 rings (SSSR count). The molecule has 92 valence electrons. The van der Waals surface area contributed by atoms with Gasteiger partial charge in [-0.05, 0) is 30.1 Å². The van der Waals surface area contributed by atoms with E-state index in [0.717, 1.165) is 0 Å². The SMILES string of the molecule is CC(C)(C)C(O)CNC(=O)C1C2CCCC21. The van der Waals surface area contributed by atoms with Crippen molar-refractivity contribution in [1.82, 2.24) is 5.32 Å². The normalized spacial score (nSPS) is 34.4. The van der Waals surface area contributed by atoms with Crippen LogP contribution in [0.15, 0.2) is 0 Å². The third kappa shape index (κ3) is 2.24. The largest absolute Gasteiger partial charge is 0.391 e. The van der Waals surface area contributed by atoms with Gasteiger partial charge >= 0.3 is 0 Å². The molecule has 1 amide bonds. The fourth-order valence-corrected chi connectivity index (χ4v) is 2.83. The van der Waals surface area contributed by atoms with Crippen LogP contribution < -0.4 is 5.32 Å². The van der Waals surface area contributed by atoms with Crippen molar-refractivity contribution in [3.8, 4) is 0 Å². The summed E-state index contributed by atoms with van der Waals surface area (Å²) < 4.78 is 0. The molecule has 3 unspecified atom stereocenters. The van der Waals surface area contributed by atoms with Crippen molar-refractivity contribution in [3.05, 3.63) is 0 Å². The molecule has 0 aromatic rings. The van der Waals surface area contributed by atoms with E-state index in [-0.39, 0.29) is 17.2 Å². The van der Waals surface area contributed by atoms with Gasteiger partial charge in [0.05, 0.1) is 6.10 Å². The summed E-state index contributed by atoms with van der Waals surface area (Å²) in [5.74, 6) is 1.75. The van der Waals surface area contributed by atoms with Crippen LogP contribution in [0.2, 0.25) is 0 Å². The molecule has 0 spiro atoms. The minimum atomic E-state index is -0.463. The Balaban J connectivity index is 1.73. The van der Waals surface area contributed by atoms with Gasteiger partial charge in [-0.15, -0.1) is 0 Å². The molecule has 0 aromatic heterocycles. The van der Waals surface area contributed by atoms with Gasteiger partial charge in [-0.3, -0.25) is 4.79 Å². The first-order chi connectivity index (χ1) is 7.41. The zero-order valence-corrected chi connectivity index (χ0v) is 10.5. The molecule has 0 radical (unpaired) electrons. The standard InChI is InChI=1S/C13H23NO2/c1-13(2,3)10(15)7-14-12(16)11-8-5-4-6-9(8)11/h8-11,15H,4-7H2,1-3H3,(H,14,16). The third-order valence-electron chi connectivity index (χ3n) is 4.18. The van der Waals surface area contributed by atoms with E-state index in [9.17, 15) is 9.90 Å². The van der Waals surface area contributed by atoms with Crippen LogP contribution in [0.25, 0.3) is 0 Å². The highest BCUT2D eigenvalue weighted by molar-refractivity contribution is 5.82. The van der Waals surface area contributed by atoms with Crippen molar-refractivity contribution in [2.75, 3.05) is 6.54 Å². The highest BCUT2D eigenvalue weighted by atomic mass is 16.3. The van der Waals surface area contributed by atoms with E-state index in [0.29, 0.717) is 18.4 Å². The van der Waals surface area contributed by atoms with Gasteiger partial charge in [0.25, 0.3) is 0 Å². The fraction of sp³-hybridized carbons (Fsp3) is 0.923. The highest BCUT2D eigenvalue weighted by Crippen LogP contribution is 2.57. The number of hydrogen-bond acceptors (Lipinski definition) is 2. The molecule has 0 aromatic carbocycles. The van der Waals surface area contributed by atoms with Gasteiger partial charge in [0.2, 0.25) is 5.91 Å². The van der Waals surface area contributed by atoms with Crippen LogP contribution in [0.1, 0.15) is 40.0 Å². The second-order valence-electron chi connectivity index (χ2n) is 6.41. The van der Waals surface area contributed by atoms with Crippen LogP contribution in [-0.4, -0.2) is 23.7 Å². The smallest absolute Gasteiger partial charge is 0.223 e. The molecule has 0 heterocycles. The van der Waals surface area contributed by atoms with E-state index in [1.807, 2.05) is 20.8 Å². The number of amides is 1. The van der Waals surface area contributed by atoms with E-state index >= 15 is 0 Å². The fourth-order valence-electron chi connectivity index (χ4n) is 2.83. The minimum Gasteiger partial charge on any atom is -0.391 e. The van der Waals surface area contributed by atoms with Gasteiger partial charge in [0.15, 0.2) is 0 Å². The molecule has 2 aliphatic carbocycles. The quantitative estimate of drug-likeness (QED) is 0.765. The zero-order chi connectivity index (χ0) is 11.9. The van der Waals surface area contributed by atoms with Gasteiger partial charge in [-0.1, -0.05) is 27.2 Å². The Morgan fingerprint density at radius 2 is 1.94 bits per heavy atom. The number of fused-ring (bicyclic) bond motifs is 1. The number of hydrogen-bond donors (Lipinski definition) is 2. The molecule has 3 atom stereocenters. The molecule has 0 saturated heterocycles. The van der Waals surface area contributed by atoms with Crippen LogP contribution in [0.3, 0.4) is 0 Å². The van der Waals surface area contributed by atoms with E-state index < -0.39 is 6.10 Å². The maximum atomic E-state index is 11.8. The lowest BCUT2D eigenvalue weighted by atomic mass is 9.89. The maximum absolute atomic E-state index is 11.8. The predicted molar refractivity (Wildman–Crippen MR) is 62.8 cm³/mol. The Kier molecular flexibility index (Phi) is 2.99.